The molecule has 0 radical (unpaired) electrons. The molecule has 0 amide bonds. The zero-order valence-electron chi connectivity index (χ0n) is 10.3. The predicted molar refractivity (Wildman–Crippen MR) is 74.3 cm³/mol. The first-order valence-electron chi connectivity index (χ1n) is 5.67. The Balaban J connectivity index is 2.10. The molecule has 0 fully saturated rings. The van der Waals surface area contributed by atoms with Crippen LogP contribution in [0.4, 0.5) is 4.39 Å². The van der Waals surface area contributed by atoms with E-state index in [-0.39, 0.29) is 6.61 Å². The van der Waals surface area contributed by atoms with E-state index in [4.69, 9.17) is 10.00 Å². The number of halogens is 2. The number of aryl methyl sites for hydroxylation is 1. The molecule has 19 heavy (non-hydrogen) atoms. The van der Waals surface area contributed by atoms with Crippen molar-refractivity contribution >= 4 is 15.9 Å². The summed E-state index contributed by atoms with van der Waals surface area (Å²) < 4.78 is 20.2. The van der Waals surface area contributed by atoms with Crippen molar-refractivity contribution < 1.29 is 9.13 Å². The molecule has 4 heteroatoms. The summed E-state index contributed by atoms with van der Waals surface area (Å²) >= 11 is 3.41. The number of hydrogen-bond donors (Lipinski definition) is 0. The molecule has 0 heterocycles. The molecule has 0 atom stereocenters. The van der Waals surface area contributed by atoms with Crippen LogP contribution in [0.3, 0.4) is 0 Å². The van der Waals surface area contributed by atoms with Crippen LogP contribution in [0.25, 0.3) is 0 Å². The maximum Gasteiger partial charge on any atom is 0.131 e. The van der Waals surface area contributed by atoms with Crippen LogP contribution in [0.15, 0.2) is 40.9 Å². The number of hydrogen-bond acceptors (Lipinski definition) is 2. The first-order valence-corrected chi connectivity index (χ1v) is 6.47. The SMILES string of the molecule is Cc1cc(OCc2ccc(C#N)cc2F)ccc1Br. The molecule has 96 valence electrons. The summed E-state index contributed by atoms with van der Waals surface area (Å²) in [5.41, 5.74) is 1.79. The second kappa shape index (κ2) is 5.85. The molecular formula is C15H11BrFNO. The summed E-state index contributed by atoms with van der Waals surface area (Å²) in [6.07, 6.45) is 0. The van der Waals surface area contributed by atoms with Crippen LogP contribution < -0.4 is 4.74 Å². The van der Waals surface area contributed by atoms with Crippen LogP contribution in [0.1, 0.15) is 16.7 Å². The lowest BCUT2D eigenvalue weighted by Crippen LogP contribution is -1.99. The van der Waals surface area contributed by atoms with Crippen molar-refractivity contribution in [3.8, 4) is 11.8 Å². The highest BCUT2D eigenvalue weighted by Crippen LogP contribution is 2.22. The van der Waals surface area contributed by atoms with Crippen LogP contribution in [0.5, 0.6) is 5.75 Å². The quantitative estimate of drug-likeness (QED) is 0.842. The number of nitrogens with zero attached hydrogens (tertiary/aromatic N) is 1. The Morgan fingerprint density at radius 2 is 2.05 bits per heavy atom. The normalized spacial score (nSPS) is 10.0. The van der Waals surface area contributed by atoms with Gasteiger partial charge in [0.1, 0.15) is 18.2 Å². The fourth-order valence-electron chi connectivity index (χ4n) is 1.60. The Labute approximate surface area is 119 Å². The molecule has 0 spiro atoms. The van der Waals surface area contributed by atoms with E-state index in [1.54, 1.807) is 12.1 Å². The van der Waals surface area contributed by atoms with E-state index in [2.05, 4.69) is 15.9 Å². The number of ether oxygens (including phenoxy) is 1. The van der Waals surface area contributed by atoms with Gasteiger partial charge in [-0.15, -0.1) is 0 Å². The van der Waals surface area contributed by atoms with Crippen LogP contribution in [0, 0.1) is 24.1 Å². The maximum atomic E-state index is 13.6. The summed E-state index contributed by atoms with van der Waals surface area (Å²) in [6, 6.07) is 11.8. The molecule has 0 saturated heterocycles. The molecule has 0 aliphatic heterocycles. The molecule has 0 aromatic heterocycles. The first-order chi connectivity index (χ1) is 9.10. The fourth-order valence-corrected chi connectivity index (χ4v) is 1.85. The van der Waals surface area contributed by atoms with Gasteiger partial charge in [0, 0.05) is 10.0 Å². The second-order valence-corrected chi connectivity index (χ2v) is 4.97. The van der Waals surface area contributed by atoms with E-state index in [1.165, 1.54) is 6.07 Å². The second-order valence-electron chi connectivity index (χ2n) is 4.12. The smallest absolute Gasteiger partial charge is 0.131 e. The molecule has 2 nitrogen and oxygen atoms in total. The van der Waals surface area contributed by atoms with Crippen LogP contribution in [0.2, 0.25) is 0 Å². The Morgan fingerprint density at radius 1 is 1.26 bits per heavy atom. The van der Waals surface area contributed by atoms with Gasteiger partial charge in [-0.05, 0) is 42.8 Å². The maximum absolute atomic E-state index is 13.6. The van der Waals surface area contributed by atoms with Gasteiger partial charge in [0.2, 0.25) is 0 Å². The van der Waals surface area contributed by atoms with Gasteiger partial charge < -0.3 is 4.74 Å². The van der Waals surface area contributed by atoms with Gasteiger partial charge in [0.05, 0.1) is 11.6 Å². The molecule has 2 aromatic rings. The number of nitriles is 1. The fraction of sp³-hybridized carbons (Fsp3) is 0.133. The lowest BCUT2D eigenvalue weighted by atomic mass is 10.1. The average Bonchev–Trinajstić information content (AvgIpc) is 2.41. The molecule has 2 aromatic carbocycles. The van der Waals surface area contributed by atoms with E-state index < -0.39 is 5.82 Å². The van der Waals surface area contributed by atoms with Gasteiger partial charge in [-0.25, -0.2) is 4.39 Å². The Bertz CT molecular complexity index is 649. The summed E-state index contributed by atoms with van der Waals surface area (Å²) in [4.78, 5) is 0. The third-order valence-electron chi connectivity index (χ3n) is 2.71. The van der Waals surface area contributed by atoms with Crippen LogP contribution >= 0.6 is 15.9 Å². The van der Waals surface area contributed by atoms with Gasteiger partial charge in [0.15, 0.2) is 0 Å². The van der Waals surface area contributed by atoms with Gasteiger partial charge in [-0.1, -0.05) is 22.0 Å². The zero-order chi connectivity index (χ0) is 13.8. The van der Waals surface area contributed by atoms with Crippen molar-refractivity contribution in [1.82, 2.24) is 0 Å². The lowest BCUT2D eigenvalue weighted by Gasteiger charge is -2.08. The van der Waals surface area contributed by atoms with E-state index in [9.17, 15) is 4.39 Å². The van der Waals surface area contributed by atoms with Gasteiger partial charge in [-0.2, -0.15) is 5.26 Å². The minimum Gasteiger partial charge on any atom is -0.489 e. The lowest BCUT2D eigenvalue weighted by molar-refractivity contribution is 0.299. The zero-order valence-corrected chi connectivity index (χ0v) is 11.9. The molecule has 0 N–H and O–H groups in total. The van der Waals surface area contributed by atoms with E-state index >= 15 is 0 Å². The molecular weight excluding hydrogens is 309 g/mol. The predicted octanol–water partition coefficient (Wildman–Crippen LogP) is 4.35. The average molecular weight is 320 g/mol. The van der Waals surface area contributed by atoms with E-state index in [1.807, 2.05) is 31.2 Å². The van der Waals surface area contributed by atoms with E-state index in [0.29, 0.717) is 16.9 Å². The minimum atomic E-state index is -0.423. The van der Waals surface area contributed by atoms with Crippen LogP contribution in [-0.2, 0) is 6.61 Å². The Morgan fingerprint density at radius 3 is 2.68 bits per heavy atom. The van der Waals surface area contributed by atoms with Crippen molar-refractivity contribution in [2.45, 2.75) is 13.5 Å². The van der Waals surface area contributed by atoms with Gasteiger partial charge in [-0.3, -0.25) is 0 Å². The molecule has 0 saturated carbocycles. The topological polar surface area (TPSA) is 33.0 Å². The highest BCUT2D eigenvalue weighted by atomic mass is 79.9. The van der Waals surface area contributed by atoms with E-state index in [0.717, 1.165) is 10.0 Å². The standard InChI is InChI=1S/C15H11BrFNO/c1-10-6-13(4-5-14(10)16)19-9-12-3-2-11(8-18)7-15(12)17/h2-7H,9H2,1H3. The monoisotopic (exact) mass is 319 g/mol. The Kier molecular flexibility index (Phi) is 4.18. The largest absolute Gasteiger partial charge is 0.489 e. The number of benzene rings is 2. The van der Waals surface area contributed by atoms with Crippen molar-refractivity contribution in [1.29, 1.82) is 5.26 Å². The minimum absolute atomic E-state index is 0.138. The van der Waals surface area contributed by atoms with Gasteiger partial charge in [0.25, 0.3) is 0 Å². The Hall–Kier alpha value is -1.86. The van der Waals surface area contributed by atoms with Gasteiger partial charge >= 0.3 is 0 Å². The molecule has 2 rings (SSSR count). The summed E-state index contributed by atoms with van der Waals surface area (Å²) in [7, 11) is 0. The molecule has 0 aliphatic rings. The van der Waals surface area contributed by atoms with Crippen LogP contribution in [-0.4, -0.2) is 0 Å². The molecule has 0 unspecified atom stereocenters. The van der Waals surface area contributed by atoms with Crippen molar-refractivity contribution in [2.75, 3.05) is 0 Å². The number of rotatable bonds is 3. The third-order valence-corrected chi connectivity index (χ3v) is 3.60. The van der Waals surface area contributed by atoms with Crippen molar-refractivity contribution in [2.24, 2.45) is 0 Å². The summed E-state index contributed by atoms with van der Waals surface area (Å²) in [5.74, 6) is 0.261. The molecule has 0 aliphatic carbocycles. The first kappa shape index (κ1) is 13.6. The summed E-state index contributed by atoms with van der Waals surface area (Å²) in [6.45, 7) is 2.10. The third kappa shape index (κ3) is 3.33. The van der Waals surface area contributed by atoms with Crippen molar-refractivity contribution in [3.05, 3.63) is 63.4 Å². The highest BCUT2D eigenvalue weighted by molar-refractivity contribution is 9.10. The highest BCUT2D eigenvalue weighted by Gasteiger charge is 2.05. The molecule has 0 bridgehead atoms. The van der Waals surface area contributed by atoms with Crippen molar-refractivity contribution in [3.63, 3.8) is 0 Å². The summed E-state index contributed by atoms with van der Waals surface area (Å²) in [5, 5.41) is 8.66.